The molecule has 0 spiro atoms. The van der Waals surface area contributed by atoms with Gasteiger partial charge in [-0.2, -0.15) is 0 Å². The van der Waals surface area contributed by atoms with E-state index in [2.05, 4.69) is 14.7 Å². The summed E-state index contributed by atoms with van der Waals surface area (Å²) in [6, 6.07) is 5.05. The van der Waals surface area contributed by atoms with Crippen LogP contribution >= 0.6 is 0 Å². The first-order chi connectivity index (χ1) is 12.2. The van der Waals surface area contributed by atoms with Crippen molar-refractivity contribution in [1.29, 1.82) is 0 Å². The van der Waals surface area contributed by atoms with Crippen molar-refractivity contribution in [2.24, 2.45) is 0 Å². The van der Waals surface area contributed by atoms with Crippen molar-refractivity contribution in [2.45, 2.75) is 45.4 Å². The summed E-state index contributed by atoms with van der Waals surface area (Å²) >= 11 is 0. The van der Waals surface area contributed by atoms with Gasteiger partial charge in [0.1, 0.15) is 0 Å². The molecule has 1 amide bonds. The van der Waals surface area contributed by atoms with Crippen molar-refractivity contribution in [3.05, 3.63) is 40.7 Å². The minimum Gasteiger partial charge on any atom is -0.312 e. The molecule has 1 aliphatic rings. The summed E-state index contributed by atoms with van der Waals surface area (Å²) in [5.41, 5.74) is 3.46. The van der Waals surface area contributed by atoms with Crippen LogP contribution in [0.4, 0.5) is 11.6 Å². The van der Waals surface area contributed by atoms with Crippen LogP contribution in [-0.4, -0.2) is 30.8 Å². The first kappa shape index (κ1) is 18.3. The molecule has 1 aromatic heterocycles. The average Bonchev–Trinajstić information content (AvgIpc) is 2.91. The van der Waals surface area contributed by atoms with Gasteiger partial charge < -0.3 is 4.90 Å². The Morgan fingerprint density at radius 3 is 2.31 bits per heavy atom. The third-order valence-electron chi connectivity index (χ3n) is 4.42. The smallest absolute Gasteiger partial charge is 0.264 e. The SMILES string of the molecule is Cc1cc(C)nc(NS(=O)(=O)c2ccc(C)c(N3CCCC3=O)c2C)n1. The van der Waals surface area contributed by atoms with E-state index < -0.39 is 10.0 Å². The van der Waals surface area contributed by atoms with E-state index >= 15 is 0 Å². The topological polar surface area (TPSA) is 92.3 Å². The van der Waals surface area contributed by atoms with Crippen LogP contribution in [0.15, 0.2) is 23.1 Å². The van der Waals surface area contributed by atoms with E-state index in [0.717, 1.165) is 12.0 Å². The second-order valence-electron chi connectivity index (χ2n) is 6.58. The molecule has 0 atom stereocenters. The molecule has 3 rings (SSSR count). The molecule has 1 aromatic carbocycles. The Morgan fingerprint density at radius 2 is 1.73 bits per heavy atom. The zero-order valence-corrected chi connectivity index (χ0v) is 16.1. The van der Waals surface area contributed by atoms with E-state index in [4.69, 9.17) is 0 Å². The second kappa shape index (κ2) is 6.68. The fraction of sp³-hybridized carbons (Fsp3) is 0.389. The number of nitrogens with one attached hydrogen (secondary N) is 1. The lowest BCUT2D eigenvalue weighted by atomic mass is 10.1. The van der Waals surface area contributed by atoms with Gasteiger partial charge in [-0.3, -0.25) is 4.79 Å². The van der Waals surface area contributed by atoms with E-state index in [1.807, 2.05) is 6.92 Å². The van der Waals surface area contributed by atoms with Crippen LogP contribution in [0, 0.1) is 27.7 Å². The molecule has 0 unspecified atom stereocenters. The highest BCUT2D eigenvalue weighted by Gasteiger charge is 2.28. The van der Waals surface area contributed by atoms with E-state index in [9.17, 15) is 13.2 Å². The predicted octanol–water partition coefficient (Wildman–Crippen LogP) is 2.64. The lowest BCUT2D eigenvalue weighted by molar-refractivity contribution is -0.117. The highest BCUT2D eigenvalue weighted by Crippen LogP contribution is 2.33. The Hall–Kier alpha value is -2.48. The number of anilines is 2. The van der Waals surface area contributed by atoms with Gasteiger partial charge in [-0.1, -0.05) is 6.07 Å². The first-order valence-electron chi connectivity index (χ1n) is 8.45. The van der Waals surface area contributed by atoms with Crippen molar-refractivity contribution in [1.82, 2.24) is 9.97 Å². The predicted molar refractivity (Wildman–Crippen MR) is 99.8 cm³/mol. The molecule has 1 fully saturated rings. The fourth-order valence-corrected chi connectivity index (χ4v) is 4.54. The maximum absolute atomic E-state index is 12.9. The monoisotopic (exact) mass is 374 g/mol. The van der Waals surface area contributed by atoms with Gasteiger partial charge in [-0.15, -0.1) is 0 Å². The highest BCUT2D eigenvalue weighted by molar-refractivity contribution is 7.92. The molecule has 0 aliphatic carbocycles. The highest BCUT2D eigenvalue weighted by atomic mass is 32.2. The molecule has 0 radical (unpaired) electrons. The van der Waals surface area contributed by atoms with Crippen LogP contribution in [0.2, 0.25) is 0 Å². The maximum Gasteiger partial charge on any atom is 0.264 e. The molecule has 2 heterocycles. The second-order valence-corrected chi connectivity index (χ2v) is 8.23. The minimum atomic E-state index is -3.88. The van der Waals surface area contributed by atoms with E-state index in [1.165, 1.54) is 0 Å². The molecule has 0 saturated carbocycles. The molecule has 26 heavy (non-hydrogen) atoms. The van der Waals surface area contributed by atoms with Crippen LogP contribution in [0.25, 0.3) is 0 Å². The third kappa shape index (κ3) is 3.41. The third-order valence-corrected chi connectivity index (χ3v) is 5.90. The normalized spacial score (nSPS) is 14.8. The zero-order chi connectivity index (χ0) is 19.1. The molecular weight excluding hydrogens is 352 g/mol. The summed E-state index contributed by atoms with van der Waals surface area (Å²) in [5.74, 6) is 0.0672. The lowest BCUT2D eigenvalue weighted by Gasteiger charge is -2.23. The number of amides is 1. The van der Waals surface area contributed by atoms with Crippen molar-refractivity contribution < 1.29 is 13.2 Å². The minimum absolute atomic E-state index is 0.0244. The summed E-state index contributed by atoms with van der Waals surface area (Å²) in [4.78, 5) is 22.2. The number of rotatable bonds is 4. The maximum atomic E-state index is 12.9. The van der Waals surface area contributed by atoms with Crippen LogP contribution < -0.4 is 9.62 Å². The van der Waals surface area contributed by atoms with Crippen molar-refractivity contribution in [2.75, 3.05) is 16.2 Å². The van der Waals surface area contributed by atoms with E-state index in [-0.39, 0.29) is 16.8 Å². The fourth-order valence-electron chi connectivity index (χ4n) is 3.35. The Labute approximate surface area is 153 Å². The number of carbonyl (C=O) groups excluding carboxylic acids is 1. The summed E-state index contributed by atoms with van der Waals surface area (Å²) in [5, 5.41) is 0. The molecule has 1 N–H and O–H groups in total. The number of benzene rings is 1. The number of nitrogens with zero attached hydrogens (tertiary/aromatic N) is 3. The van der Waals surface area contributed by atoms with Crippen molar-refractivity contribution >= 4 is 27.6 Å². The van der Waals surface area contributed by atoms with Gasteiger partial charge in [0.05, 0.1) is 10.6 Å². The molecule has 1 saturated heterocycles. The largest absolute Gasteiger partial charge is 0.312 e. The van der Waals surface area contributed by atoms with Crippen LogP contribution in [0.3, 0.4) is 0 Å². The number of carbonyl (C=O) groups is 1. The van der Waals surface area contributed by atoms with Gasteiger partial charge in [0, 0.05) is 24.4 Å². The number of aryl methyl sites for hydroxylation is 3. The Balaban J connectivity index is 2.04. The summed E-state index contributed by atoms with van der Waals surface area (Å²) in [6.07, 6.45) is 1.27. The molecule has 7 nitrogen and oxygen atoms in total. The Bertz CT molecular complexity index is 966. The Morgan fingerprint density at radius 1 is 1.08 bits per heavy atom. The van der Waals surface area contributed by atoms with Gasteiger partial charge in [0.15, 0.2) is 0 Å². The summed E-state index contributed by atoms with van der Waals surface area (Å²) < 4.78 is 28.3. The lowest BCUT2D eigenvalue weighted by Crippen LogP contribution is -2.26. The summed E-state index contributed by atoms with van der Waals surface area (Å²) in [7, 11) is -3.88. The first-order valence-corrected chi connectivity index (χ1v) is 9.93. The van der Waals surface area contributed by atoms with Crippen LogP contribution in [-0.2, 0) is 14.8 Å². The van der Waals surface area contributed by atoms with E-state index in [0.29, 0.717) is 35.6 Å². The van der Waals surface area contributed by atoms with Crippen molar-refractivity contribution in [3.8, 4) is 0 Å². The standard InChI is InChI=1S/C18H22N4O3S/c1-11-7-8-15(14(4)17(11)22-9-5-6-16(22)23)26(24,25)21-18-19-12(2)10-13(3)20-18/h7-8,10H,5-6,9H2,1-4H3,(H,19,20,21). The number of sulfonamides is 1. The van der Waals surface area contributed by atoms with Gasteiger partial charge >= 0.3 is 0 Å². The number of hydrogen-bond acceptors (Lipinski definition) is 5. The quantitative estimate of drug-likeness (QED) is 0.888. The van der Waals surface area contributed by atoms with Crippen LogP contribution in [0.1, 0.15) is 35.4 Å². The molecule has 8 heteroatoms. The Kier molecular flexibility index (Phi) is 4.70. The van der Waals surface area contributed by atoms with Gasteiger partial charge in [0.2, 0.25) is 11.9 Å². The number of hydrogen-bond donors (Lipinski definition) is 1. The van der Waals surface area contributed by atoms with Crippen LogP contribution in [0.5, 0.6) is 0 Å². The van der Waals surface area contributed by atoms with Gasteiger partial charge in [0.25, 0.3) is 10.0 Å². The zero-order valence-electron chi connectivity index (χ0n) is 15.3. The van der Waals surface area contributed by atoms with Crippen molar-refractivity contribution in [3.63, 3.8) is 0 Å². The summed E-state index contributed by atoms with van der Waals surface area (Å²) in [6.45, 7) is 7.77. The molecule has 138 valence electrons. The molecule has 2 aromatic rings. The average molecular weight is 374 g/mol. The van der Waals surface area contributed by atoms with Gasteiger partial charge in [-0.05, 0) is 57.4 Å². The molecular formula is C18H22N4O3S. The molecule has 1 aliphatic heterocycles. The van der Waals surface area contributed by atoms with Gasteiger partial charge in [-0.25, -0.2) is 23.1 Å². The number of aromatic nitrogens is 2. The molecule has 0 bridgehead atoms. The van der Waals surface area contributed by atoms with E-state index in [1.54, 1.807) is 43.9 Å².